The molecule has 0 aliphatic carbocycles. The predicted molar refractivity (Wildman–Crippen MR) is 129 cm³/mol. The van der Waals surface area contributed by atoms with Crippen LogP contribution in [0.25, 0.3) is 11.1 Å². The van der Waals surface area contributed by atoms with Crippen molar-refractivity contribution in [3.8, 4) is 11.1 Å². The van der Waals surface area contributed by atoms with Crippen molar-refractivity contribution < 1.29 is 17.9 Å². The normalized spacial score (nSPS) is 11.1. The molecule has 0 bridgehead atoms. The SMILES string of the molecule is COC(=O)CN(CCc1ccc(-c2ccc(S(N)(=O)=O)cc2)cc1)c1cccc(C(=N)N)c1. The molecular weight excluding hydrogens is 440 g/mol. The van der Waals surface area contributed by atoms with E-state index in [0.717, 1.165) is 22.4 Å². The van der Waals surface area contributed by atoms with Gasteiger partial charge in [-0.25, -0.2) is 13.6 Å². The number of sulfonamides is 1. The molecule has 0 aliphatic heterocycles. The summed E-state index contributed by atoms with van der Waals surface area (Å²) in [5.41, 5.74) is 9.85. The van der Waals surface area contributed by atoms with E-state index in [9.17, 15) is 13.2 Å². The third-order valence-corrected chi connectivity index (χ3v) is 6.14. The van der Waals surface area contributed by atoms with Crippen LogP contribution in [0.2, 0.25) is 0 Å². The minimum Gasteiger partial charge on any atom is -0.468 e. The summed E-state index contributed by atoms with van der Waals surface area (Å²) in [5.74, 6) is -0.399. The molecule has 0 amide bonds. The fourth-order valence-corrected chi connectivity index (χ4v) is 3.87. The smallest absolute Gasteiger partial charge is 0.325 e. The Morgan fingerprint density at radius 1 is 1.00 bits per heavy atom. The number of anilines is 1. The molecule has 0 saturated carbocycles. The molecule has 33 heavy (non-hydrogen) atoms. The maximum Gasteiger partial charge on any atom is 0.325 e. The Morgan fingerprint density at radius 3 is 2.15 bits per heavy atom. The number of hydrogen-bond acceptors (Lipinski definition) is 6. The quantitative estimate of drug-likeness (QED) is 0.251. The number of nitrogens with two attached hydrogens (primary N) is 2. The molecule has 0 spiro atoms. The van der Waals surface area contributed by atoms with Crippen molar-refractivity contribution in [1.82, 2.24) is 0 Å². The number of nitrogen functional groups attached to an aromatic ring is 1. The highest BCUT2D eigenvalue weighted by Crippen LogP contribution is 2.22. The Hall–Kier alpha value is -3.69. The van der Waals surface area contributed by atoms with Gasteiger partial charge < -0.3 is 15.4 Å². The second kappa shape index (κ2) is 10.3. The van der Waals surface area contributed by atoms with Crippen LogP contribution in [0.5, 0.6) is 0 Å². The molecular formula is C24H26N4O4S. The van der Waals surface area contributed by atoms with Crippen LogP contribution in [0.3, 0.4) is 0 Å². The van der Waals surface area contributed by atoms with Crippen LogP contribution in [-0.2, 0) is 26.0 Å². The van der Waals surface area contributed by atoms with E-state index < -0.39 is 10.0 Å². The largest absolute Gasteiger partial charge is 0.468 e. The Morgan fingerprint density at radius 2 is 1.61 bits per heavy atom. The van der Waals surface area contributed by atoms with Crippen molar-refractivity contribution in [2.45, 2.75) is 11.3 Å². The Labute approximate surface area is 193 Å². The maximum absolute atomic E-state index is 11.9. The number of benzene rings is 3. The fourth-order valence-electron chi connectivity index (χ4n) is 3.35. The lowest BCUT2D eigenvalue weighted by Crippen LogP contribution is -2.32. The second-order valence-corrected chi connectivity index (χ2v) is 9.04. The summed E-state index contributed by atoms with van der Waals surface area (Å²) in [4.78, 5) is 13.9. The van der Waals surface area contributed by atoms with E-state index in [1.54, 1.807) is 30.3 Å². The molecule has 0 radical (unpaired) electrons. The van der Waals surface area contributed by atoms with Gasteiger partial charge in [0.15, 0.2) is 0 Å². The van der Waals surface area contributed by atoms with Crippen LogP contribution in [0.1, 0.15) is 11.1 Å². The third kappa shape index (κ3) is 6.41. The van der Waals surface area contributed by atoms with Crippen LogP contribution in [-0.4, -0.2) is 40.4 Å². The minimum absolute atomic E-state index is 0.0393. The molecule has 0 heterocycles. The van der Waals surface area contributed by atoms with Gasteiger partial charge in [0.2, 0.25) is 10.0 Å². The zero-order valence-electron chi connectivity index (χ0n) is 18.2. The first kappa shape index (κ1) is 24.0. The number of rotatable bonds is 9. The van der Waals surface area contributed by atoms with Crippen LogP contribution < -0.4 is 15.8 Å². The molecule has 3 aromatic carbocycles. The number of esters is 1. The van der Waals surface area contributed by atoms with Crippen molar-refractivity contribution in [2.24, 2.45) is 10.9 Å². The molecule has 0 saturated heterocycles. The van der Waals surface area contributed by atoms with Crippen LogP contribution >= 0.6 is 0 Å². The zero-order valence-corrected chi connectivity index (χ0v) is 19.0. The standard InChI is InChI=1S/C24H26N4O4S/c1-32-23(29)16-28(21-4-2-3-20(15-21)24(25)26)14-13-17-5-7-18(8-6-17)19-9-11-22(12-10-19)33(27,30)31/h2-12,15H,13-14,16H2,1H3,(H3,25,26)(H2,27,30,31). The molecule has 5 N–H and O–H groups in total. The lowest BCUT2D eigenvalue weighted by Gasteiger charge is -2.24. The number of methoxy groups -OCH3 is 1. The first-order chi connectivity index (χ1) is 15.7. The highest BCUT2D eigenvalue weighted by molar-refractivity contribution is 7.89. The zero-order chi connectivity index (χ0) is 24.0. The van der Waals surface area contributed by atoms with Gasteiger partial charge in [-0.05, 0) is 47.4 Å². The van der Waals surface area contributed by atoms with Crippen LogP contribution in [0.15, 0.2) is 77.7 Å². The van der Waals surface area contributed by atoms with E-state index in [-0.39, 0.29) is 23.2 Å². The van der Waals surface area contributed by atoms with Crippen molar-refractivity contribution >= 4 is 27.5 Å². The summed E-state index contributed by atoms with van der Waals surface area (Å²) >= 11 is 0. The van der Waals surface area contributed by atoms with E-state index in [4.69, 9.17) is 21.0 Å². The van der Waals surface area contributed by atoms with Gasteiger partial charge in [0.25, 0.3) is 0 Å². The van der Waals surface area contributed by atoms with Crippen molar-refractivity contribution in [2.75, 3.05) is 25.1 Å². The minimum atomic E-state index is -3.72. The van der Waals surface area contributed by atoms with Gasteiger partial charge in [-0.15, -0.1) is 0 Å². The van der Waals surface area contributed by atoms with Gasteiger partial charge >= 0.3 is 5.97 Å². The number of nitrogens with one attached hydrogen (secondary N) is 1. The van der Waals surface area contributed by atoms with Gasteiger partial charge in [-0.1, -0.05) is 48.5 Å². The summed E-state index contributed by atoms with van der Waals surface area (Å²) in [6.07, 6.45) is 0.673. The maximum atomic E-state index is 11.9. The summed E-state index contributed by atoms with van der Waals surface area (Å²) in [6, 6.07) is 21.5. The number of amidine groups is 1. The van der Waals surface area contributed by atoms with Crippen molar-refractivity contribution in [1.29, 1.82) is 5.41 Å². The molecule has 0 aromatic heterocycles. The Balaban J connectivity index is 1.73. The number of carbonyl (C=O) groups excluding carboxylic acids is 1. The topological polar surface area (TPSA) is 140 Å². The molecule has 0 unspecified atom stereocenters. The molecule has 172 valence electrons. The number of hydrogen-bond donors (Lipinski definition) is 3. The van der Waals surface area contributed by atoms with Gasteiger partial charge in [-0.3, -0.25) is 10.2 Å². The Bertz CT molecular complexity index is 1240. The number of ether oxygens (including phenoxy) is 1. The van der Waals surface area contributed by atoms with Crippen LogP contribution in [0.4, 0.5) is 5.69 Å². The number of carbonyl (C=O) groups is 1. The molecule has 0 atom stereocenters. The molecule has 0 aliphatic rings. The summed E-state index contributed by atoms with van der Waals surface area (Å²) < 4.78 is 27.7. The lowest BCUT2D eigenvalue weighted by molar-refractivity contribution is -0.138. The molecule has 8 nitrogen and oxygen atoms in total. The lowest BCUT2D eigenvalue weighted by atomic mass is 10.0. The van der Waals surface area contributed by atoms with Gasteiger partial charge in [0.05, 0.1) is 12.0 Å². The summed E-state index contributed by atoms with van der Waals surface area (Å²) in [6.45, 7) is 0.630. The first-order valence-electron chi connectivity index (χ1n) is 10.2. The van der Waals surface area contributed by atoms with Crippen molar-refractivity contribution in [3.05, 3.63) is 83.9 Å². The van der Waals surface area contributed by atoms with E-state index in [2.05, 4.69) is 0 Å². The number of nitrogens with zero attached hydrogens (tertiary/aromatic N) is 1. The van der Waals surface area contributed by atoms with E-state index in [1.807, 2.05) is 35.2 Å². The van der Waals surface area contributed by atoms with E-state index >= 15 is 0 Å². The monoisotopic (exact) mass is 466 g/mol. The average molecular weight is 467 g/mol. The predicted octanol–water partition coefficient (Wildman–Crippen LogP) is 2.51. The van der Waals surface area contributed by atoms with Crippen LogP contribution in [0, 0.1) is 5.41 Å². The first-order valence-corrected chi connectivity index (χ1v) is 11.7. The fraction of sp³-hybridized carbons (Fsp3) is 0.167. The summed E-state index contributed by atoms with van der Waals surface area (Å²) in [7, 11) is -2.37. The second-order valence-electron chi connectivity index (χ2n) is 7.48. The molecule has 9 heteroatoms. The van der Waals surface area contributed by atoms with Gasteiger partial charge in [0.1, 0.15) is 12.4 Å². The number of primary sulfonamides is 1. The van der Waals surface area contributed by atoms with Gasteiger partial charge in [0, 0.05) is 17.8 Å². The highest BCUT2D eigenvalue weighted by Gasteiger charge is 2.13. The molecule has 3 rings (SSSR count). The Kier molecular flexibility index (Phi) is 7.47. The average Bonchev–Trinajstić information content (AvgIpc) is 2.81. The molecule has 3 aromatic rings. The molecule has 0 fully saturated rings. The van der Waals surface area contributed by atoms with E-state index in [0.29, 0.717) is 18.5 Å². The van der Waals surface area contributed by atoms with E-state index in [1.165, 1.54) is 19.2 Å². The van der Waals surface area contributed by atoms with Crippen molar-refractivity contribution in [3.63, 3.8) is 0 Å². The third-order valence-electron chi connectivity index (χ3n) is 5.21. The summed E-state index contributed by atoms with van der Waals surface area (Å²) in [5, 5.41) is 12.8. The highest BCUT2D eigenvalue weighted by atomic mass is 32.2. The van der Waals surface area contributed by atoms with Gasteiger partial charge in [-0.2, -0.15) is 0 Å².